The van der Waals surface area contributed by atoms with Crippen molar-refractivity contribution in [1.82, 2.24) is 5.32 Å². The van der Waals surface area contributed by atoms with Crippen molar-refractivity contribution in [2.75, 3.05) is 5.32 Å². The Morgan fingerprint density at radius 2 is 1.68 bits per heavy atom. The number of halogens is 1. The molecule has 0 fully saturated rings. The molecule has 0 aromatic heterocycles. The van der Waals surface area contributed by atoms with Crippen molar-refractivity contribution in [3.05, 3.63) is 65.7 Å². The first kappa shape index (κ1) is 23.7. The highest BCUT2D eigenvalue weighted by atomic mass is 35.5. The molecule has 2 atom stereocenters. The van der Waals surface area contributed by atoms with E-state index in [0.29, 0.717) is 18.9 Å². The van der Waals surface area contributed by atoms with Gasteiger partial charge in [-0.1, -0.05) is 63.2 Å². The summed E-state index contributed by atoms with van der Waals surface area (Å²) in [6.07, 6.45) is 0.482. The normalized spacial score (nSPS) is 12.6. The third-order valence-electron chi connectivity index (χ3n) is 4.41. The maximum atomic E-state index is 12.5. The Hall–Kier alpha value is -2.37. The molecule has 0 spiro atoms. The molecule has 28 heavy (non-hydrogen) atoms. The molecule has 2 aromatic carbocycles. The Labute approximate surface area is 173 Å². The molecule has 2 rings (SSSR count). The number of nitrogens with two attached hydrogens (primary N) is 1. The summed E-state index contributed by atoms with van der Waals surface area (Å²) in [5.41, 5.74) is 8.82. The van der Waals surface area contributed by atoms with E-state index in [9.17, 15) is 9.59 Å². The predicted molar refractivity (Wildman–Crippen MR) is 116 cm³/mol. The highest BCUT2D eigenvalue weighted by molar-refractivity contribution is 5.90. The van der Waals surface area contributed by atoms with Gasteiger partial charge in [-0.05, 0) is 29.2 Å². The molecule has 0 heterocycles. The number of amides is 2. The molecule has 2 amide bonds. The minimum atomic E-state index is -0.354. The summed E-state index contributed by atoms with van der Waals surface area (Å²) in [4.78, 5) is 24.4. The van der Waals surface area contributed by atoms with E-state index in [4.69, 9.17) is 5.73 Å². The Morgan fingerprint density at radius 1 is 1.00 bits per heavy atom. The Morgan fingerprint density at radius 3 is 2.32 bits per heavy atom. The maximum absolute atomic E-state index is 12.5. The van der Waals surface area contributed by atoms with Gasteiger partial charge in [0.05, 0.1) is 5.92 Å². The fourth-order valence-electron chi connectivity index (χ4n) is 2.82. The number of carbonyl (C=O) groups excluding carboxylic acids is 2. The first-order chi connectivity index (χ1) is 12.9. The summed E-state index contributed by atoms with van der Waals surface area (Å²) in [5, 5.41) is 5.82. The van der Waals surface area contributed by atoms with Crippen LogP contribution in [0, 0.1) is 11.8 Å². The maximum Gasteiger partial charge on any atom is 0.225 e. The molecular formula is C22H30ClN3O2. The number of carbonyl (C=O) groups is 2. The van der Waals surface area contributed by atoms with Crippen molar-refractivity contribution >= 4 is 29.9 Å². The van der Waals surface area contributed by atoms with Crippen LogP contribution in [0.3, 0.4) is 0 Å². The quantitative estimate of drug-likeness (QED) is 0.621. The van der Waals surface area contributed by atoms with Gasteiger partial charge in [-0.15, -0.1) is 12.4 Å². The molecule has 2 aromatic rings. The van der Waals surface area contributed by atoms with Gasteiger partial charge in [0.25, 0.3) is 0 Å². The topological polar surface area (TPSA) is 84.2 Å². The van der Waals surface area contributed by atoms with Gasteiger partial charge in [-0.3, -0.25) is 9.59 Å². The van der Waals surface area contributed by atoms with Gasteiger partial charge in [0.15, 0.2) is 0 Å². The van der Waals surface area contributed by atoms with E-state index in [0.717, 1.165) is 16.8 Å². The first-order valence-electron chi connectivity index (χ1n) is 9.34. The first-order valence-corrected chi connectivity index (χ1v) is 9.34. The van der Waals surface area contributed by atoms with Crippen LogP contribution in [-0.2, 0) is 16.1 Å². The van der Waals surface area contributed by atoms with Crippen molar-refractivity contribution in [1.29, 1.82) is 0 Å². The van der Waals surface area contributed by atoms with Crippen molar-refractivity contribution in [3.63, 3.8) is 0 Å². The summed E-state index contributed by atoms with van der Waals surface area (Å²) in [5.74, 6) is -0.140. The van der Waals surface area contributed by atoms with Crippen LogP contribution in [0.15, 0.2) is 54.6 Å². The SMILES string of the molecule is CC(C)CC(=O)Nc1cccc(CNC(=O)C(C)C(N)c2ccccc2)c1.Cl. The predicted octanol–water partition coefficient (Wildman–Crippen LogP) is 4.05. The zero-order valence-corrected chi connectivity index (χ0v) is 17.5. The van der Waals surface area contributed by atoms with Crippen LogP contribution in [0.5, 0.6) is 0 Å². The van der Waals surface area contributed by atoms with Crippen LogP contribution >= 0.6 is 12.4 Å². The van der Waals surface area contributed by atoms with Crippen molar-refractivity contribution < 1.29 is 9.59 Å². The second kappa shape index (κ2) is 11.5. The van der Waals surface area contributed by atoms with E-state index >= 15 is 0 Å². The van der Waals surface area contributed by atoms with E-state index in [1.165, 1.54) is 0 Å². The molecule has 0 aliphatic heterocycles. The van der Waals surface area contributed by atoms with Gasteiger partial charge < -0.3 is 16.4 Å². The third-order valence-corrected chi connectivity index (χ3v) is 4.41. The van der Waals surface area contributed by atoms with Crippen LogP contribution in [0.25, 0.3) is 0 Å². The summed E-state index contributed by atoms with van der Waals surface area (Å²) in [6, 6.07) is 16.8. The number of anilines is 1. The lowest BCUT2D eigenvalue weighted by Gasteiger charge is -2.20. The molecule has 0 aliphatic rings. The minimum Gasteiger partial charge on any atom is -0.352 e. The number of rotatable bonds is 8. The zero-order valence-electron chi connectivity index (χ0n) is 16.6. The molecule has 152 valence electrons. The molecule has 5 nitrogen and oxygen atoms in total. The van der Waals surface area contributed by atoms with Crippen LogP contribution in [0.4, 0.5) is 5.69 Å². The van der Waals surface area contributed by atoms with Gasteiger partial charge in [-0.2, -0.15) is 0 Å². The molecule has 0 saturated carbocycles. The van der Waals surface area contributed by atoms with Crippen LogP contribution < -0.4 is 16.4 Å². The van der Waals surface area contributed by atoms with E-state index in [-0.39, 0.29) is 36.2 Å². The Bertz CT molecular complexity index is 765. The molecule has 0 radical (unpaired) electrons. The van der Waals surface area contributed by atoms with Crippen molar-refractivity contribution in [2.45, 2.75) is 39.8 Å². The zero-order chi connectivity index (χ0) is 19.8. The monoisotopic (exact) mass is 403 g/mol. The lowest BCUT2D eigenvalue weighted by Crippen LogP contribution is -2.35. The summed E-state index contributed by atoms with van der Waals surface area (Å²) in [6.45, 7) is 6.23. The second-order valence-corrected chi connectivity index (χ2v) is 7.29. The molecule has 0 saturated heterocycles. The van der Waals surface area contributed by atoms with Crippen LogP contribution in [0.1, 0.15) is 44.4 Å². The van der Waals surface area contributed by atoms with Gasteiger partial charge >= 0.3 is 0 Å². The van der Waals surface area contributed by atoms with E-state index in [1.807, 2.05) is 75.4 Å². The van der Waals surface area contributed by atoms with Gasteiger partial charge in [-0.25, -0.2) is 0 Å². The van der Waals surface area contributed by atoms with E-state index < -0.39 is 0 Å². The minimum absolute atomic E-state index is 0. The van der Waals surface area contributed by atoms with Crippen LogP contribution in [0.2, 0.25) is 0 Å². The lowest BCUT2D eigenvalue weighted by atomic mass is 9.94. The highest BCUT2D eigenvalue weighted by Crippen LogP contribution is 2.19. The summed E-state index contributed by atoms with van der Waals surface area (Å²) < 4.78 is 0. The van der Waals surface area contributed by atoms with Crippen molar-refractivity contribution in [3.8, 4) is 0 Å². The van der Waals surface area contributed by atoms with Gasteiger partial charge in [0.2, 0.25) is 11.8 Å². The molecule has 6 heteroatoms. The summed E-state index contributed by atoms with van der Waals surface area (Å²) in [7, 11) is 0. The highest BCUT2D eigenvalue weighted by Gasteiger charge is 2.21. The van der Waals surface area contributed by atoms with Gasteiger partial charge in [0, 0.05) is 24.7 Å². The lowest BCUT2D eigenvalue weighted by molar-refractivity contribution is -0.125. The average molecular weight is 404 g/mol. The Kier molecular flexibility index (Phi) is 9.69. The molecule has 0 aliphatic carbocycles. The van der Waals surface area contributed by atoms with E-state index in [1.54, 1.807) is 0 Å². The fourth-order valence-corrected chi connectivity index (χ4v) is 2.82. The smallest absolute Gasteiger partial charge is 0.225 e. The van der Waals surface area contributed by atoms with Crippen molar-refractivity contribution in [2.24, 2.45) is 17.6 Å². The average Bonchev–Trinajstić information content (AvgIpc) is 2.65. The number of benzene rings is 2. The second-order valence-electron chi connectivity index (χ2n) is 7.29. The van der Waals surface area contributed by atoms with Crippen LogP contribution in [-0.4, -0.2) is 11.8 Å². The third kappa shape index (κ3) is 7.33. The number of nitrogens with one attached hydrogen (secondary N) is 2. The molecular weight excluding hydrogens is 374 g/mol. The Balaban J connectivity index is 0.00000392. The van der Waals surface area contributed by atoms with E-state index in [2.05, 4.69) is 10.6 Å². The fraction of sp³-hybridized carbons (Fsp3) is 0.364. The number of hydrogen-bond donors (Lipinski definition) is 3. The van der Waals surface area contributed by atoms with Gasteiger partial charge in [0.1, 0.15) is 0 Å². The number of hydrogen-bond acceptors (Lipinski definition) is 3. The summed E-state index contributed by atoms with van der Waals surface area (Å²) >= 11 is 0. The molecule has 4 N–H and O–H groups in total. The molecule has 2 unspecified atom stereocenters. The largest absolute Gasteiger partial charge is 0.352 e. The molecule has 0 bridgehead atoms. The standard InChI is InChI=1S/C22H29N3O2.ClH/c1-15(2)12-20(26)25-19-11-7-8-17(13-19)14-24-22(27)16(3)21(23)18-9-5-4-6-10-18;/h4-11,13,15-16,21H,12,14,23H2,1-3H3,(H,24,27)(H,25,26);1H.